The van der Waals surface area contributed by atoms with Crippen LogP contribution in [0.4, 0.5) is 0 Å². The number of aromatic carboxylic acids is 1. The van der Waals surface area contributed by atoms with Crippen molar-refractivity contribution in [3.05, 3.63) is 87.6 Å². The minimum Gasteiger partial charge on any atom is -0.478 e. The van der Waals surface area contributed by atoms with Gasteiger partial charge in [0.15, 0.2) is 0 Å². The summed E-state index contributed by atoms with van der Waals surface area (Å²) in [7, 11) is 0. The second-order valence-corrected chi connectivity index (χ2v) is 5.83. The van der Waals surface area contributed by atoms with Crippen LogP contribution >= 0.6 is 0 Å². The smallest absolute Gasteiger partial charge is 0.339 e. The van der Waals surface area contributed by atoms with Crippen LogP contribution in [0, 0.1) is 0 Å². The largest absolute Gasteiger partial charge is 0.478 e. The zero-order valence-corrected chi connectivity index (χ0v) is 13.9. The molecule has 128 valence electrons. The van der Waals surface area contributed by atoms with Crippen LogP contribution in [-0.4, -0.2) is 25.4 Å². The van der Waals surface area contributed by atoms with E-state index < -0.39 is 5.97 Å². The summed E-state index contributed by atoms with van der Waals surface area (Å²) < 4.78 is 3.30. The first-order chi connectivity index (χ1) is 12.1. The summed E-state index contributed by atoms with van der Waals surface area (Å²) in [6.45, 7) is 2.91. The number of carboxylic acids is 1. The van der Waals surface area contributed by atoms with Gasteiger partial charge in [-0.2, -0.15) is 5.10 Å². The summed E-state index contributed by atoms with van der Waals surface area (Å²) in [6.07, 6.45) is 3.91. The van der Waals surface area contributed by atoms with Crippen molar-refractivity contribution in [1.29, 1.82) is 0 Å². The van der Waals surface area contributed by atoms with Crippen molar-refractivity contribution in [2.45, 2.75) is 26.4 Å². The van der Waals surface area contributed by atoms with Crippen LogP contribution < -0.4 is 5.56 Å². The zero-order valence-electron chi connectivity index (χ0n) is 13.9. The molecule has 0 spiro atoms. The molecule has 2 aromatic heterocycles. The number of nitrogens with zero attached hydrogens (tertiary/aromatic N) is 3. The fraction of sp³-hybridized carbons (Fsp3) is 0.211. The fourth-order valence-corrected chi connectivity index (χ4v) is 2.71. The molecule has 0 radical (unpaired) electrons. The van der Waals surface area contributed by atoms with Gasteiger partial charge in [0.25, 0.3) is 5.56 Å². The third-order valence-corrected chi connectivity index (χ3v) is 4.02. The Balaban J connectivity index is 1.74. The number of aryl methyl sites for hydroxylation is 1. The number of benzene rings is 1. The topological polar surface area (TPSA) is 77.1 Å². The average molecular weight is 337 g/mol. The Morgan fingerprint density at radius 2 is 1.76 bits per heavy atom. The number of carboxylic acid groups (broad SMARTS) is 1. The van der Waals surface area contributed by atoms with E-state index in [1.54, 1.807) is 27.7 Å². The molecule has 0 amide bonds. The van der Waals surface area contributed by atoms with Gasteiger partial charge in [0.2, 0.25) is 0 Å². The van der Waals surface area contributed by atoms with Crippen molar-refractivity contribution in [1.82, 2.24) is 14.3 Å². The van der Waals surface area contributed by atoms with Crippen LogP contribution in [0.5, 0.6) is 0 Å². The number of hydrogen-bond acceptors (Lipinski definition) is 3. The van der Waals surface area contributed by atoms with Crippen molar-refractivity contribution < 1.29 is 9.90 Å². The van der Waals surface area contributed by atoms with Gasteiger partial charge in [-0.3, -0.25) is 9.48 Å². The highest BCUT2D eigenvalue weighted by molar-refractivity contribution is 5.88. The Morgan fingerprint density at radius 1 is 1.08 bits per heavy atom. The summed E-state index contributed by atoms with van der Waals surface area (Å²) in [6, 6.07) is 13.0. The van der Waals surface area contributed by atoms with Crippen LogP contribution in [0.2, 0.25) is 0 Å². The van der Waals surface area contributed by atoms with Crippen LogP contribution in [0.25, 0.3) is 0 Å². The summed E-state index contributed by atoms with van der Waals surface area (Å²) in [4.78, 5) is 23.0. The Bertz CT molecular complexity index is 939. The second-order valence-electron chi connectivity index (χ2n) is 5.83. The van der Waals surface area contributed by atoms with Gasteiger partial charge < -0.3 is 9.67 Å². The summed E-state index contributed by atoms with van der Waals surface area (Å²) in [5.41, 5.74) is 2.86. The Kier molecular flexibility index (Phi) is 4.79. The first-order valence-electron chi connectivity index (χ1n) is 8.09. The highest BCUT2D eigenvalue weighted by Crippen LogP contribution is 2.11. The van der Waals surface area contributed by atoms with Crippen molar-refractivity contribution >= 4 is 5.97 Å². The summed E-state index contributed by atoms with van der Waals surface area (Å²) in [5, 5.41) is 13.5. The highest BCUT2D eigenvalue weighted by atomic mass is 16.4. The first kappa shape index (κ1) is 16.7. The van der Waals surface area contributed by atoms with E-state index in [0.29, 0.717) is 25.2 Å². The SMILES string of the molecule is CCc1nn(Cc2ccc(Cn3ccccc3=O)cc2)cc1C(=O)O. The third kappa shape index (κ3) is 3.85. The van der Waals surface area contributed by atoms with Gasteiger partial charge in [-0.1, -0.05) is 37.3 Å². The zero-order chi connectivity index (χ0) is 17.8. The standard InChI is InChI=1S/C19H19N3O3/c1-2-17-16(19(24)25)13-22(20-17)12-15-8-6-14(7-9-15)11-21-10-4-3-5-18(21)23/h3-10,13H,2,11-12H2,1H3,(H,24,25). The average Bonchev–Trinajstić information content (AvgIpc) is 3.02. The van der Waals surface area contributed by atoms with Crippen molar-refractivity contribution in [2.75, 3.05) is 0 Å². The molecule has 0 unspecified atom stereocenters. The van der Waals surface area contributed by atoms with E-state index in [0.717, 1.165) is 11.1 Å². The molecule has 1 N–H and O–H groups in total. The fourth-order valence-electron chi connectivity index (χ4n) is 2.71. The number of pyridine rings is 1. The summed E-state index contributed by atoms with van der Waals surface area (Å²) >= 11 is 0. The lowest BCUT2D eigenvalue weighted by atomic mass is 10.1. The van der Waals surface area contributed by atoms with Gasteiger partial charge in [-0.25, -0.2) is 4.79 Å². The molecule has 0 aliphatic rings. The van der Waals surface area contributed by atoms with E-state index in [-0.39, 0.29) is 11.1 Å². The number of carbonyl (C=O) groups is 1. The molecule has 0 saturated carbocycles. The maximum atomic E-state index is 11.8. The summed E-state index contributed by atoms with van der Waals surface area (Å²) in [5.74, 6) is -0.952. The molecule has 1 aromatic carbocycles. The van der Waals surface area contributed by atoms with Gasteiger partial charge in [-0.05, 0) is 23.6 Å². The molecular formula is C19H19N3O3. The highest BCUT2D eigenvalue weighted by Gasteiger charge is 2.13. The molecule has 25 heavy (non-hydrogen) atoms. The van der Waals surface area contributed by atoms with E-state index >= 15 is 0 Å². The quantitative estimate of drug-likeness (QED) is 0.749. The molecule has 0 aliphatic heterocycles. The molecule has 6 nitrogen and oxygen atoms in total. The minimum atomic E-state index is -0.952. The second kappa shape index (κ2) is 7.17. The molecule has 0 atom stereocenters. The van der Waals surface area contributed by atoms with Crippen molar-refractivity contribution in [3.8, 4) is 0 Å². The molecule has 3 aromatic rings. The normalized spacial score (nSPS) is 10.8. The van der Waals surface area contributed by atoms with Crippen LogP contribution in [-0.2, 0) is 19.5 Å². The maximum absolute atomic E-state index is 11.8. The maximum Gasteiger partial charge on any atom is 0.339 e. The molecule has 3 rings (SSSR count). The van der Waals surface area contributed by atoms with E-state index in [9.17, 15) is 14.7 Å². The predicted octanol–water partition coefficient (Wildman–Crippen LogP) is 2.40. The molecule has 6 heteroatoms. The number of rotatable bonds is 6. The Hall–Kier alpha value is -3.15. The van der Waals surface area contributed by atoms with Gasteiger partial charge in [0.05, 0.1) is 18.8 Å². The van der Waals surface area contributed by atoms with Crippen molar-refractivity contribution in [2.24, 2.45) is 0 Å². The van der Waals surface area contributed by atoms with E-state index in [1.165, 1.54) is 6.07 Å². The Morgan fingerprint density at radius 3 is 2.32 bits per heavy atom. The van der Waals surface area contributed by atoms with Crippen LogP contribution in [0.15, 0.2) is 59.7 Å². The lowest BCUT2D eigenvalue weighted by molar-refractivity contribution is 0.0695. The van der Waals surface area contributed by atoms with Gasteiger partial charge in [0, 0.05) is 18.5 Å². The monoisotopic (exact) mass is 337 g/mol. The molecular weight excluding hydrogens is 318 g/mol. The van der Waals surface area contributed by atoms with Gasteiger partial charge in [0.1, 0.15) is 5.56 Å². The molecule has 0 aliphatic carbocycles. The molecule has 0 saturated heterocycles. The lowest BCUT2D eigenvalue weighted by Crippen LogP contribution is -2.18. The lowest BCUT2D eigenvalue weighted by Gasteiger charge is -2.07. The number of aromatic nitrogens is 3. The third-order valence-electron chi connectivity index (χ3n) is 4.02. The minimum absolute atomic E-state index is 0.0311. The predicted molar refractivity (Wildman–Crippen MR) is 93.9 cm³/mol. The number of hydrogen-bond donors (Lipinski definition) is 1. The molecule has 2 heterocycles. The van der Waals surface area contributed by atoms with E-state index in [1.807, 2.05) is 37.3 Å². The van der Waals surface area contributed by atoms with Gasteiger partial charge in [-0.15, -0.1) is 0 Å². The van der Waals surface area contributed by atoms with Crippen LogP contribution in [0.3, 0.4) is 0 Å². The van der Waals surface area contributed by atoms with Crippen LogP contribution in [0.1, 0.15) is 34.1 Å². The molecule has 0 fully saturated rings. The van der Waals surface area contributed by atoms with Crippen molar-refractivity contribution in [3.63, 3.8) is 0 Å². The Labute approximate surface area is 145 Å². The van der Waals surface area contributed by atoms with Gasteiger partial charge >= 0.3 is 5.97 Å². The molecule has 0 bridgehead atoms. The van der Waals surface area contributed by atoms with E-state index in [2.05, 4.69) is 5.10 Å². The first-order valence-corrected chi connectivity index (χ1v) is 8.09. The van der Waals surface area contributed by atoms with E-state index in [4.69, 9.17) is 0 Å².